The summed E-state index contributed by atoms with van der Waals surface area (Å²) in [7, 11) is -0.589. The van der Waals surface area contributed by atoms with Gasteiger partial charge in [0.15, 0.2) is 0 Å². The van der Waals surface area contributed by atoms with Gasteiger partial charge in [-0.1, -0.05) is 6.92 Å². The number of hydrogen-bond donors (Lipinski definition) is 0. The fourth-order valence-electron chi connectivity index (χ4n) is 2.01. The fourth-order valence-corrected chi connectivity index (χ4v) is 3.22. The van der Waals surface area contributed by atoms with Crippen LogP contribution in [0.2, 0.25) is 0 Å². The highest BCUT2D eigenvalue weighted by Crippen LogP contribution is 2.48. The number of hydrogen-bond acceptors (Lipinski definition) is 2. The monoisotopic (exact) mass is 253 g/mol. The summed E-state index contributed by atoms with van der Waals surface area (Å²) in [5, 5.41) is 0. The topological polar surface area (TPSA) is 12.5 Å². The third-order valence-electron chi connectivity index (χ3n) is 3.57. The van der Waals surface area contributed by atoms with Crippen LogP contribution in [0.3, 0.4) is 0 Å². The second-order valence-electron chi connectivity index (χ2n) is 4.92. The lowest BCUT2D eigenvalue weighted by Gasteiger charge is -2.32. The Morgan fingerprint density at radius 2 is 1.71 bits per heavy atom. The van der Waals surface area contributed by atoms with E-state index >= 15 is 0 Å². The minimum Gasteiger partial charge on any atom is -0.378 e. The third-order valence-corrected chi connectivity index (χ3v) is 6.56. The molecule has 2 rings (SSSR count). The van der Waals surface area contributed by atoms with Gasteiger partial charge in [-0.25, -0.2) is 10.0 Å². The van der Waals surface area contributed by atoms with Gasteiger partial charge in [0, 0.05) is 18.8 Å². The molecule has 1 heterocycles. The molecule has 17 heavy (non-hydrogen) atoms. The van der Waals surface area contributed by atoms with E-state index in [0.717, 1.165) is 26.3 Å². The van der Waals surface area contributed by atoms with Gasteiger partial charge in [0.05, 0.1) is 13.2 Å². The SMILES string of the molecule is CCS(C)(C)c1ccc(N2CCOCC2)cc1. The zero-order chi connectivity index (χ0) is 12.3. The van der Waals surface area contributed by atoms with E-state index in [-0.39, 0.29) is 0 Å². The molecule has 0 atom stereocenters. The van der Waals surface area contributed by atoms with Crippen LogP contribution >= 0.6 is 10.0 Å². The molecule has 1 fully saturated rings. The summed E-state index contributed by atoms with van der Waals surface area (Å²) in [5.41, 5.74) is 1.34. The highest BCUT2D eigenvalue weighted by Gasteiger charge is 2.14. The van der Waals surface area contributed by atoms with Crippen LogP contribution in [0.5, 0.6) is 0 Å². The van der Waals surface area contributed by atoms with Crippen LogP contribution < -0.4 is 4.90 Å². The van der Waals surface area contributed by atoms with Gasteiger partial charge in [0.2, 0.25) is 0 Å². The molecule has 96 valence electrons. The van der Waals surface area contributed by atoms with E-state index in [4.69, 9.17) is 4.74 Å². The highest BCUT2D eigenvalue weighted by atomic mass is 32.3. The van der Waals surface area contributed by atoms with Crippen LogP contribution in [-0.4, -0.2) is 44.6 Å². The lowest BCUT2D eigenvalue weighted by atomic mass is 10.2. The minimum absolute atomic E-state index is 0.589. The first-order valence-corrected chi connectivity index (χ1v) is 8.89. The van der Waals surface area contributed by atoms with Crippen molar-refractivity contribution in [1.29, 1.82) is 0 Å². The number of nitrogens with zero attached hydrogens (tertiary/aromatic N) is 1. The maximum Gasteiger partial charge on any atom is 0.0642 e. The standard InChI is InChI=1S/C14H23NOS/c1-4-17(2,3)14-7-5-13(6-8-14)15-9-11-16-12-10-15/h5-8H,4,9-12H2,1-3H3. The molecule has 0 spiro atoms. The molecule has 0 radical (unpaired) electrons. The van der Waals surface area contributed by atoms with E-state index in [0.29, 0.717) is 0 Å². The maximum absolute atomic E-state index is 5.38. The highest BCUT2D eigenvalue weighted by molar-refractivity contribution is 8.32. The normalized spacial score (nSPS) is 18.2. The van der Waals surface area contributed by atoms with Crippen LogP contribution in [0.25, 0.3) is 0 Å². The molecule has 1 aliphatic heterocycles. The number of anilines is 1. The van der Waals surface area contributed by atoms with Crippen LogP contribution in [0, 0.1) is 0 Å². The molecule has 1 aromatic carbocycles. The number of ether oxygens (including phenoxy) is 1. The molecule has 1 aliphatic rings. The number of benzene rings is 1. The Labute approximate surface area is 106 Å². The van der Waals surface area contributed by atoms with Gasteiger partial charge >= 0.3 is 0 Å². The van der Waals surface area contributed by atoms with Crippen molar-refractivity contribution in [3.63, 3.8) is 0 Å². The minimum atomic E-state index is -0.589. The third kappa shape index (κ3) is 2.96. The summed E-state index contributed by atoms with van der Waals surface area (Å²) in [6.07, 6.45) is 4.77. The Bertz CT molecular complexity index is 355. The summed E-state index contributed by atoms with van der Waals surface area (Å²) in [5.74, 6) is 1.25. The van der Waals surface area contributed by atoms with E-state index in [1.807, 2.05) is 0 Å². The van der Waals surface area contributed by atoms with Gasteiger partial charge < -0.3 is 9.64 Å². The largest absolute Gasteiger partial charge is 0.378 e. The quantitative estimate of drug-likeness (QED) is 0.821. The molecular weight excluding hydrogens is 230 g/mol. The first kappa shape index (κ1) is 12.8. The molecule has 0 unspecified atom stereocenters. The molecule has 0 bridgehead atoms. The van der Waals surface area contributed by atoms with Gasteiger partial charge in [0.1, 0.15) is 0 Å². The van der Waals surface area contributed by atoms with Crippen molar-refractivity contribution in [3.05, 3.63) is 24.3 Å². The molecule has 1 saturated heterocycles. The Morgan fingerprint density at radius 3 is 2.24 bits per heavy atom. The van der Waals surface area contributed by atoms with Crippen LogP contribution in [-0.2, 0) is 4.74 Å². The van der Waals surface area contributed by atoms with Crippen LogP contribution in [0.1, 0.15) is 6.92 Å². The summed E-state index contributed by atoms with van der Waals surface area (Å²) < 4.78 is 5.38. The van der Waals surface area contributed by atoms with Gasteiger partial charge in [-0.2, -0.15) is 0 Å². The van der Waals surface area contributed by atoms with E-state index < -0.39 is 10.0 Å². The van der Waals surface area contributed by atoms with Crippen molar-refractivity contribution in [2.45, 2.75) is 11.8 Å². The summed E-state index contributed by atoms with van der Waals surface area (Å²) in [4.78, 5) is 3.92. The summed E-state index contributed by atoms with van der Waals surface area (Å²) in [6, 6.07) is 9.16. The predicted molar refractivity (Wildman–Crippen MR) is 77.7 cm³/mol. The number of rotatable bonds is 3. The Balaban J connectivity index is 2.12. The molecular formula is C14H23NOS. The van der Waals surface area contributed by atoms with Crippen LogP contribution in [0.4, 0.5) is 5.69 Å². The Morgan fingerprint density at radius 1 is 1.12 bits per heavy atom. The molecule has 0 amide bonds. The van der Waals surface area contributed by atoms with Crippen molar-refractivity contribution in [2.75, 3.05) is 49.5 Å². The lowest BCUT2D eigenvalue weighted by Crippen LogP contribution is -2.36. The van der Waals surface area contributed by atoms with Gasteiger partial charge in [0.25, 0.3) is 0 Å². The van der Waals surface area contributed by atoms with E-state index in [9.17, 15) is 0 Å². The van der Waals surface area contributed by atoms with Crippen molar-refractivity contribution in [2.24, 2.45) is 0 Å². The van der Waals surface area contributed by atoms with Gasteiger partial charge in [-0.05, 0) is 47.4 Å². The second kappa shape index (κ2) is 5.32. The van der Waals surface area contributed by atoms with Crippen LogP contribution in [0.15, 0.2) is 29.2 Å². The van der Waals surface area contributed by atoms with E-state index in [1.165, 1.54) is 16.3 Å². The molecule has 0 saturated carbocycles. The first-order valence-electron chi connectivity index (χ1n) is 6.27. The van der Waals surface area contributed by atoms with Crippen molar-refractivity contribution >= 4 is 15.7 Å². The molecule has 0 aromatic heterocycles. The second-order valence-corrected chi connectivity index (χ2v) is 9.05. The zero-order valence-corrected chi connectivity index (χ0v) is 11.9. The van der Waals surface area contributed by atoms with Crippen molar-refractivity contribution in [1.82, 2.24) is 0 Å². The smallest absolute Gasteiger partial charge is 0.0642 e. The lowest BCUT2D eigenvalue weighted by molar-refractivity contribution is 0.122. The molecule has 2 nitrogen and oxygen atoms in total. The van der Waals surface area contributed by atoms with E-state index in [2.05, 4.69) is 48.6 Å². The number of morpholine rings is 1. The summed E-state index contributed by atoms with van der Waals surface area (Å²) >= 11 is 0. The summed E-state index contributed by atoms with van der Waals surface area (Å²) in [6.45, 7) is 6.03. The fraction of sp³-hybridized carbons (Fsp3) is 0.571. The Hall–Kier alpha value is -0.670. The molecule has 0 N–H and O–H groups in total. The van der Waals surface area contributed by atoms with E-state index in [1.54, 1.807) is 0 Å². The van der Waals surface area contributed by atoms with Crippen molar-refractivity contribution in [3.8, 4) is 0 Å². The maximum atomic E-state index is 5.38. The van der Waals surface area contributed by atoms with Crippen molar-refractivity contribution < 1.29 is 4.74 Å². The molecule has 3 heteroatoms. The Kier molecular flexibility index (Phi) is 4.00. The first-order chi connectivity index (χ1) is 8.13. The average Bonchev–Trinajstić information content (AvgIpc) is 2.40. The van der Waals surface area contributed by atoms with Gasteiger partial charge in [-0.3, -0.25) is 0 Å². The van der Waals surface area contributed by atoms with Gasteiger partial charge in [-0.15, -0.1) is 0 Å². The zero-order valence-electron chi connectivity index (χ0n) is 11.1. The molecule has 1 aromatic rings. The predicted octanol–water partition coefficient (Wildman–Crippen LogP) is 2.97. The average molecular weight is 253 g/mol. The molecule has 0 aliphatic carbocycles.